The fourth-order valence-electron chi connectivity index (χ4n) is 2.12. The number of rotatable bonds is 5. The third-order valence-corrected chi connectivity index (χ3v) is 3.84. The first-order chi connectivity index (χ1) is 11.8. The number of hydrogen-bond donors (Lipinski definition) is 1. The molecule has 1 atom stereocenters. The molecule has 0 saturated heterocycles. The Morgan fingerprint density at radius 2 is 1.88 bits per heavy atom. The summed E-state index contributed by atoms with van der Waals surface area (Å²) in [5.41, 5.74) is 0.411. The van der Waals surface area contributed by atoms with Gasteiger partial charge in [-0.1, -0.05) is 29.8 Å². The highest BCUT2D eigenvalue weighted by molar-refractivity contribution is 6.33. The number of esters is 1. The summed E-state index contributed by atoms with van der Waals surface area (Å²) in [5.74, 6) is -1.38. The summed E-state index contributed by atoms with van der Waals surface area (Å²) in [6, 6.07) is 10.7. The maximum Gasteiger partial charge on any atom is 0.339 e. The van der Waals surface area contributed by atoms with Gasteiger partial charge >= 0.3 is 5.97 Å². The highest BCUT2D eigenvalue weighted by atomic mass is 35.5. The number of ether oxygens (including phenoxy) is 1. The van der Waals surface area contributed by atoms with Gasteiger partial charge in [-0.05, 0) is 32.0 Å². The zero-order valence-electron chi connectivity index (χ0n) is 13.5. The molecule has 0 aliphatic rings. The van der Waals surface area contributed by atoms with Crippen LogP contribution in [0, 0.1) is 17.0 Å². The largest absolute Gasteiger partial charge is 0.449 e. The number of anilines is 1. The van der Waals surface area contributed by atoms with Crippen molar-refractivity contribution in [3.63, 3.8) is 0 Å². The van der Waals surface area contributed by atoms with E-state index in [-0.39, 0.29) is 16.8 Å². The summed E-state index contributed by atoms with van der Waals surface area (Å²) in [6.45, 7) is 2.85. The molecule has 0 fully saturated rings. The molecule has 0 heterocycles. The van der Waals surface area contributed by atoms with Gasteiger partial charge in [0.1, 0.15) is 0 Å². The van der Waals surface area contributed by atoms with E-state index in [1.165, 1.54) is 32.0 Å². The third-order valence-electron chi connectivity index (χ3n) is 3.51. The summed E-state index contributed by atoms with van der Waals surface area (Å²) in [5, 5.41) is 13.8. The van der Waals surface area contributed by atoms with E-state index in [0.717, 1.165) is 0 Å². The Morgan fingerprint density at radius 3 is 2.52 bits per heavy atom. The normalized spacial score (nSPS) is 11.5. The van der Waals surface area contributed by atoms with Crippen LogP contribution in [-0.4, -0.2) is 22.9 Å². The molecule has 0 bridgehead atoms. The highest BCUT2D eigenvalue weighted by Gasteiger charge is 2.23. The van der Waals surface area contributed by atoms with Crippen molar-refractivity contribution < 1.29 is 19.2 Å². The van der Waals surface area contributed by atoms with E-state index < -0.39 is 22.9 Å². The molecule has 0 aliphatic carbocycles. The van der Waals surface area contributed by atoms with Crippen molar-refractivity contribution in [1.29, 1.82) is 0 Å². The zero-order chi connectivity index (χ0) is 18.6. The van der Waals surface area contributed by atoms with Gasteiger partial charge in [0, 0.05) is 11.6 Å². The Labute approximate surface area is 148 Å². The highest BCUT2D eigenvalue weighted by Crippen LogP contribution is 2.23. The summed E-state index contributed by atoms with van der Waals surface area (Å²) in [4.78, 5) is 34.7. The van der Waals surface area contributed by atoms with Gasteiger partial charge < -0.3 is 10.1 Å². The van der Waals surface area contributed by atoms with Gasteiger partial charge in [-0.3, -0.25) is 14.9 Å². The maximum absolute atomic E-state index is 12.2. The summed E-state index contributed by atoms with van der Waals surface area (Å²) in [6.07, 6.45) is -1.11. The van der Waals surface area contributed by atoms with Crippen molar-refractivity contribution in [2.45, 2.75) is 20.0 Å². The first-order valence-corrected chi connectivity index (χ1v) is 7.69. The molecule has 2 aromatic rings. The molecular formula is C17H15ClN2O5. The molecule has 1 N–H and O–H groups in total. The van der Waals surface area contributed by atoms with E-state index in [9.17, 15) is 19.7 Å². The fourth-order valence-corrected chi connectivity index (χ4v) is 2.30. The minimum absolute atomic E-state index is 0.0339. The molecule has 0 radical (unpaired) electrons. The van der Waals surface area contributed by atoms with Crippen LogP contribution in [0.2, 0.25) is 5.02 Å². The number of carbonyl (C=O) groups excluding carboxylic acids is 2. The average Bonchev–Trinajstić information content (AvgIpc) is 2.56. The number of hydrogen-bond acceptors (Lipinski definition) is 5. The molecule has 130 valence electrons. The Morgan fingerprint density at radius 1 is 1.20 bits per heavy atom. The molecule has 0 unspecified atom stereocenters. The van der Waals surface area contributed by atoms with Crippen molar-refractivity contribution in [1.82, 2.24) is 0 Å². The molecule has 1 amide bonds. The van der Waals surface area contributed by atoms with E-state index in [4.69, 9.17) is 16.3 Å². The monoisotopic (exact) mass is 362 g/mol. The van der Waals surface area contributed by atoms with Gasteiger partial charge in [-0.15, -0.1) is 0 Å². The summed E-state index contributed by atoms with van der Waals surface area (Å²) in [7, 11) is 0. The van der Waals surface area contributed by atoms with Crippen LogP contribution in [0.1, 0.15) is 22.8 Å². The molecule has 0 aliphatic heterocycles. The molecule has 0 aromatic heterocycles. The summed E-state index contributed by atoms with van der Waals surface area (Å²) >= 11 is 5.96. The van der Waals surface area contributed by atoms with Gasteiger partial charge in [0.05, 0.1) is 21.2 Å². The van der Waals surface area contributed by atoms with Crippen LogP contribution >= 0.6 is 11.6 Å². The Hall–Kier alpha value is -2.93. The lowest BCUT2D eigenvalue weighted by Crippen LogP contribution is -2.30. The number of para-hydroxylation sites is 1. The molecule has 8 heteroatoms. The molecule has 2 aromatic carbocycles. The van der Waals surface area contributed by atoms with Crippen LogP contribution in [0.4, 0.5) is 11.4 Å². The van der Waals surface area contributed by atoms with Crippen LogP contribution in [0.5, 0.6) is 0 Å². The maximum atomic E-state index is 12.2. The van der Waals surface area contributed by atoms with Crippen LogP contribution in [0.15, 0.2) is 42.5 Å². The van der Waals surface area contributed by atoms with Crippen molar-refractivity contribution >= 4 is 34.9 Å². The number of nitrogens with one attached hydrogen (secondary N) is 1. The second-order valence-corrected chi connectivity index (χ2v) is 5.63. The quantitative estimate of drug-likeness (QED) is 0.496. The lowest BCUT2D eigenvalue weighted by molar-refractivity contribution is -0.385. The fraction of sp³-hybridized carbons (Fsp3) is 0.176. The summed E-state index contributed by atoms with van der Waals surface area (Å²) < 4.78 is 5.11. The van der Waals surface area contributed by atoms with Crippen LogP contribution in [0.3, 0.4) is 0 Å². The SMILES string of the molecule is Cc1c(C(=O)O[C@H](C)C(=O)Nc2ccccc2Cl)cccc1[N+](=O)[O-]. The van der Waals surface area contributed by atoms with Crippen molar-refractivity contribution in [3.05, 3.63) is 68.7 Å². The van der Waals surface area contributed by atoms with E-state index >= 15 is 0 Å². The molecule has 25 heavy (non-hydrogen) atoms. The van der Waals surface area contributed by atoms with Crippen molar-refractivity contribution in [3.8, 4) is 0 Å². The Balaban J connectivity index is 2.10. The Bertz CT molecular complexity index is 838. The number of benzene rings is 2. The number of halogens is 1. The van der Waals surface area contributed by atoms with E-state index in [0.29, 0.717) is 10.7 Å². The molecule has 2 rings (SSSR count). The smallest absolute Gasteiger partial charge is 0.339 e. The third kappa shape index (κ3) is 4.33. The molecule has 7 nitrogen and oxygen atoms in total. The number of amides is 1. The van der Waals surface area contributed by atoms with Gasteiger partial charge in [-0.25, -0.2) is 4.79 Å². The van der Waals surface area contributed by atoms with Crippen molar-refractivity contribution in [2.75, 3.05) is 5.32 Å². The van der Waals surface area contributed by atoms with E-state index in [1.54, 1.807) is 24.3 Å². The molecule has 0 spiro atoms. The van der Waals surface area contributed by atoms with Crippen LogP contribution < -0.4 is 5.32 Å². The topological polar surface area (TPSA) is 98.5 Å². The second-order valence-electron chi connectivity index (χ2n) is 5.22. The first-order valence-electron chi connectivity index (χ1n) is 7.31. The second kappa shape index (κ2) is 7.76. The zero-order valence-corrected chi connectivity index (χ0v) is 14.2. The predicted octanol–water partition coefficient (Wildman–Crippen LogP) is 3.74. The van der Waals surface area contributed by atoms with Gasteiger partial charge in [0.2, 0.25) is 0 Å². The lowest BCUT2D eigenvalue weighted by atomic mass is 10.1. The average molecular weight is 363 g/mol. The predicted molar refractivity (Wildman–Crippen MR) is 92.8 cm³/mol. The van der Waals surface area contributed by atoms with Crippen molar-refractivity contribution in [2.24, 2.45) is 0 Å². The number of carbonyl (C=O) groups is 2. The first kappa shape index (κ1) is 18.4. The van der Waals surface area contributed by atoms with E-state index in [1.807, 2.05) is 0 Å². The standard InChI is InChI=1S/C17H15ClN2O5/c1-10-12(6-5-9-15(10)20(23)24)17(22)25-11(2)16(21)19-14-8-4-3-7-13(14)18/h3-9,11H,1-2H3,(H,19,21)/t11-/m1/s1. The van der Waals surface area contributed by atoms with Gasteiger partial charge in [-0.2, -0.15) is 0 Å². The minimum atomic E-state index is -1.11. The number of nitro groups is 1. The number of nitro benzene ring substituents is 1. The van der Waals surface area contributed by atoms with Gasteiger partial charge in [0.25, 0.3) is 11.6 Å². The van der Waals surface area contributed by atoms with E-state index in [2.05, 4.69) is 5.32 Å². The minimum Gasteiger partial charge on any atom is -0.449 e. The number of nitrogens with zero attached hydrogens (tertiary/aromatic N) is 1. The van der Waals surface area contributed by atoms with Gasteiger partial charge in [0.15, 0.2) is 6.10 Å². The molecular weight excluding hydrogens is 348 g/mol. The van der Waals surface area contributed by atoms with Crippen LogP contribution in [-0.2, 0) is 9.53 Å². The van der Waals surface area contributed by atoms with Crippen LogP contribution in [0.25, 0.3) is 0 Å². The lowest BCUT2D eigenvalue weighted by Gasteiger charge is -2.15. The molecule has 0 saturated carbocycles. The Kier molecular flexibility index (Phi) is 5.71.